The predicted molar refractivity (Wildman–Crippen MR) is 92.1 cm³/mol. The number of piperidine rings is 1. The highest BCUT2D eigenvalue weighted by Crippen LogP contribution is 2.38. The summed E-state index contributed by atoms with van der Waals surface area (Å²) >= 11 is 0. The van der Waals surface area contributed by atoms with E-state index >= 15 is 0 Å². The summed E-state index contributed by atoms with van der Waals surface area (Å²) < 4.78 is 67.1. The largest absolute Gasteiger partial charge is 0.405 e. The van der Waals surface area contributed by atoms with Crippen molar-refractivity contribution in [2.45, 2.75) is 75.9 Å². The Morgan fingerprint density at radius 3 is 2.32 bits per heavy atom. The number of sulfonamides is 1. The van der Waals surface area contributed by atoms with Gasteiger partial charge in [-0.15, -0.1) is 0 Å². The fraction of sp³-hybridized carbons (Fsp3) is 0.667. The Kier molecular flexibility index (Phi) is 5.59. The Balaban J connectivity index is 2.59. The maximum atomic E-state index is 13.4. The molecule has 0 radical (unpaired) electrons. The summed E-state index contributed by atoms with van der Waals surface area (Å²) in [7, 11) is -4.22. The fourth-order valence-electron chi connectivity index (χ4n) is 3.25. The number of rotatable bonds is 3. The molecule has 0 aromatic heterocycles. The molecule has 1 aliphatic rings. The van der Waals surface area contributed by atoms with Crippen molar-refractivity contribution >= 4 is 10.0 Å². The van der Waals surface area contributed by atoms with Crippen LogP contribution >= 0.6 is 0 Å². The molecule has 2 rings (SSSR count). The Morgan fingerprint density at radius 2 is 1.80 bits per heavy atom. The second-order valence-corrected chi connectivity index (χ2v) is 9.46. The quantitative estimate of drug-likeness (QED) is 0.769. The zero-order chi connectivity index (χ0) is 19.0. The van der Waals surface area contributed by atoms with Gasteiger partial charge in [-0.05, 0) is 41.9 Å². The van der Waals surface area contributed by atoms with Crippen molar-refractivity contribution < 1.29 is 21.6 Å². The first-order valence-electron chi connectivity index (χ1n) is 8.61. The second-order valence-electron chi connectivity index (χ2n) is 7.60. The van der Waals surface area contributed by atoms with E-state index in [9.17, 15) is 21.6 Å². The molecule has 1 aromatic carbocycles. The van der Waals surface area contributed by atoms with Crippen LogP contribution in [-0.2, 0) is 21.9 Å². The molecule has 0 spiro atoms. The van der Waals surface area contributed by atoms with E-state index in [0.29, 0.717) is 22.7 Å². The molecule has 1 aliphatic heterocycles. The minimum absolute atomic E-state index is 0.00616. The Labute approximate surface area is 148 Å². The molecular formula is C18H26F3NO2S. The molecular weight excluding hydrogens is 351 g/mol. The summed E-state index contributed by atoms with van der Waals surface area (Å²) in [6.07, 6.45) is -3.17. The number of aryl methyl sites for hydroxylation is 1. The van der Waals surface area contributed by atoms with Crippen molar-refractivity contribution in [3.63, 3.8) is 0 Å². The molecule has 25 heavy (non-hydrogen) atoms. The van der Waals surface area contributed by atoms with Crippen LogP contribution in [0.15, 0.2) is 23.1 Å². The van der Waals surface area contributed by atoms with Gasteiger partial charge in [0.05, 0.1) is 4.90 Å². The van der Waals surface area contributed by atoms with E-state index in [0.717, 1.165) is 12.0 Å². The van der Waals surface area contributed by atoms with E-state index < -0.39 is 27.7 Å². The van der Waals surface area contributed by atoms with Gasteiger partial charge in [-0.1, -0.05) is 46.2 Å². The van der Waals surface area contributed by atoms with Crippen molar-refractivity contribution in [3.05, 3.63) is 29.3 Å². The molecule has 0 aliphatic carbocycles. The van der Waals surface area contributed by atoms with Crippen molar-refractivity contribution in [1.29, 1.82) is 0 Å². The highest BCUT2D eigenvalue weighted by Gasteiger charge is 2.49. The zero-order valence-corrected chi connectivity index (χ0v) is 16.0. The summed E-state index contributed by atoms with van der Waals surface area (Å²) in [6.45, 7) is 7.49. The molecule has 1 heterocycles. The summed E-state index contributed by atoms with van der Waals surface area (Å²) in [6, 6.07) is 3.02. The fourth-order valence-corrected chi connectivity index (χ4v) is 5.32. The minimum atomic E-state index is -4.56. The van der Waals surface area contributed by atoms with Crippen LogP contribution in [0.3, 0.4) is 0 Å². The van der Waals surface area contributed by atoms with Gasteiger partial charge < -0.3 is 0 Å². The summed E-state index contributed by atoms with van der Waals surface area (Å²) in [4.78, 5) is -0.00616. The van der Waals surface area contributed by atoms with Crippen molar-refractivity contribution in [1.82, 2.24) is 4.31 Å². The van der Waals surface area contributed by atoms with Crippen LogP contribution < -0.4 is 0 Å². The molecule has 0 bridgehead atoms. The highest BCUT2D eigenvalue weighted by molar-refractivity contribution is 7.89. The predicted octanol–water partition coefficient (Wildman–Crippen LogP) is 4.65. The van der Waals surface area contributed by atoms with E-state index in [1.165, 1.54) is 6.07 Å². The zero-order valence-electron chi connectivity index (χ0n) is 15.2. The number of benzene rings is 1. The molecule has 1 saturated heterocycles. The Morgan fingerprint density at radius 1 is 1.16 bits per heavy atom. The second kappa shape index (κ2) is 6.91. The number of nitrogens with zero attached hydrogens (tertiary/aromatic N) is 1. The Bertz CT molecular complexity index is 721. The molecule has 1 unspecified atom stereocenters. The average molecular weight is 377 g/mol. The molecule has 142 valence electrons. The normalized spacial score (nSPS) is 20.7. The van der Waals surface area contributed by atoms with Crippen molar-refractivity contribution in [2.75, 3.05) is 6.54 Å². The van der Waals surface area contributed by atoms with Crippen LogP contribution in [0.1, 0.15) is 58.1 Å². The number of hydrogen-bond donors (Lipinski definition) is 0. The SMILES string of the molecule is CCc1ccc(S(=O)(=O)N2CCCCC2C(F)(F)F)c(C(C)(C)C)c1. The van der Waals surface area contributed by atoms with Gasteiger partial charge in [0, 0.05) is 6.54 Å². The molecule has 1 atom stereocenters. The lowest BCUT2D eigenvalue weighted by Gasteiger charge is -2.36. The van der Waals surface area contributed by atoms with Crippen LogP contribution in [0, 0.1) is 0 Å². The van der Waals surface area contributed by atoms with Gasteiger partial charge in [0.15, 0.2) is 0 Å². The summed E-state index contributed by atoms with van der Waals surface area (Å²) in [5, 5.41) is 0. The van der Waals surface area contributed by atoms with E-state index in [2.05, 4.69) is 0 Å². The minimum Gasteiger partial charge on any atom is -0.207 e. The van der Waals surface area contributed by atoms with Gasteiger partial charge in [0.25, 0.3) is 0 Å². The third-order valence-electron chi connectivity index (χ3n) is 4.68. The van der Waals surface area contributed by atoms with Crippen LogP contribution in [0.4, 0.5) is 13.2 Å². The summed E-state index contributed by atoms with van der Waals surface area (Å²) in [5.74, 6) is 0. The van der Waals surface area contributed by atoms with Crippen LogP contribution in [0.25, 0.3) is 0 Å². The molecule has 1 aromatic rings. The van der Waals surface area contributed by atoms with E-state index in [1.807, 2.05) is 27.7 Å². The highest BCUT2D eigenvalue weighted by atomic mass is 32.2. The van der Waals surface area contributed by atoms with Gasteiger partial charge in [-0.2, -0.15) is 17.5 Å². The lowest BCUT2D eigenvalue weighted by molar-refractivity contribution is -0.177. The van der Waals surface area contributed by atoms with Gasteiger partial charge in [-0.25, -0.2) is 8.42 Å². The third-order valence-corrected chi connectivity index (χ3v) is 6.64. The molecule has 0 saturated carbocycles. The molecule has 7 heteroatoms. The lowest BCUT2D eigenvalue weighted by Crippen LogP contribution is -2.51. The number of hydrogen-bond acceptors (Lipinski definition) is 2. The third kappa shape index (κ3) is 4.19. The monoisotopic (exact) mass is 377 g/mol. The van der Waals surface area contributed by atoms with Crippen molar-refractivity contribution in [2.24, 2.45) is 0 Å². The topological polar surface area (TPSA) is 37.4 Å². The van der Waals surface area contributed by atoms with Crippen LogP contribution in [-0.4, -0.2) is 31.5 Å². The van der Waals surface area contributed by atoms with Gasteiger partial charge in [0.1, 0.15) is 6.04 Å². The number of alkyl halides is 3. The van der Waals surface area contributed by atoms with E-state index in [1.54, 1.807) is 12.1 Å². The first-order valence-corrected chi connectivity index (χ1v) is 10.0. The maximum absolute atomic E-state index is 13.4. The van der Waals surface area contributed by atoms with Gasteiger partial charge in [-0.3, -0.25) is 0 Å². The molecule has 0 N–H and O–H groups in total. The van der Waals surface area contributed by atoms with Crippen molar-refractivity contribution in [3.8, 4) is 0 Å². The Hall–Kier alpha value is -1.08. The first kappa shape index (κ1) is 20.2. The lowest BCUT2D eigenvalue weighted by atomic mass is 9.86. The summed E-state index contributed by atoms with van der Waals surface area (Å²) in [5.41, 5.74) is 1.05. The van der Waals surface area contributed by atoms with Gasteiger partial charge >= 0.3 is 6.18 Å². The standard InChI is InChI=1S/C18H26F3NO2S/c1-5-13-9-10-15(14(12-13)17(2,3)4)25(23,24)22-11-7-6-8-16(22)18(19,20)21/h9-10,12,16H,5-8,11H2,1-4H3. The van der Waals surface area contributed by atoms with Crippen LogP contribution in [0.2, 0.25) is 0 Å². The molecule has 0 amide bonds. The van der Waals surface area contributed by atoms with E-state index in [4.69, 9.17) is 0 Å². The maximum Gasteiger partial charge on any atom is 0.405 e. The van der Waals surface area contributed by atoms with Crippen LogP contribution in [0.5, 0.6) is 0 Å². The average Bonchev–Trinajstić information content (AvgIpc) is 2.52. The van der Waals surface area contributed by atoms with E-state index in [-0.39, 0.29) is 17.9 Å². The number of halogens is 3. The van der Waals surface area contributed by atoms with Gasteiger partial charge in [0.2, 0.25) is 10.0 Å². The smallest absolute Gasteiger partial charge is 0.207 e. The molecule has 1 fully saturated rings. The first-order chi connectivity index (χ1) is 11.4. The molecule has 3 nitrogen and oxygen atoms in total.